The Balaban J connectivity index is 0.000000640. The number of aromatic nitrogens is 1. The van der Waals surface area contributed by atoms with E-state index in [4.69, 9.17) is 0 Å². The molecule has 0 fully saturated rings. The Morgan fingerprint density at radius 2 is 2.00 bits per heavy atom. The molecule has 0 bridgehead atoms. The van der Waals surface area contributed by atoms with Gasteiger partial charge in [0.15, 0.2) is 0 Å². The Bertz CT molecular complexity index is 164. The van der Waals surface area contributed by atoms with Crippen molar-refractivity contribution in [3.63, 3.8) is 0 Å². The van der Waals surface area contributed by atoms with Crippen LogP contribution in [-0.4, -0.2) is 4.98 Å². The minimum Gasteiger partial charge on any atom is -0.262 e. The molecule has 0 radical (unpaired) electrons. The average molecular weight is 123 g/mol. The van der Waals surface area contributed by atoms with E-state index in [1.807, 2.05) is 19.2 Å². The van der Waals surface area contributed by atoms with E-state index in [1.165, 1.54) is 5.56 Å². The molecule has 50 valence electrons. The molecule has 9 heavy (non-hydrogen) atoms. The maximum atomic E-state index is 4.04. The van der Waals surface area contributed by atoms with Crippen LogP contribution in [0, 0.1) is 13.8 Å². The third kappa shape index (κ3) is 2.27. The molecule has 1 rings (SSSR count). The maximum absolute atomic E-state index is 4.04. The molecule has 0 amide bonds. The van der Waals surface area contributed by atoms with Gasteiger partial charge in [-0.15, -0.1) is 0 Å². The number of nitrogens with zero attached hydrogens (tertiary/aromatic N) is 1. The second-order valence-corrected chi connectivity index (χ2v) is 1.97. The second-order valence-electron chi connectivity index (χ2n) is 1.97. The first-order valence-corrected chi connectivity index (χ1v) is 2.68. The molecule has 0 aliphatic rings. The number of aryl methyl sites for hydroxylation is 2. The van der Waals surface area contributed by atoms with E-state index in [2.05, 4.69) is 18.0 Å². The molecule has 0 spiro atoms. The third-order valence-corrected chi connectivity index (χ3v) is 1.05. The molecule has 1 aromatic heterocycles. The molecule has 0 aromatic carbocycles. The molecule has 0 saturated carbocycles. The predicted octanol–water partition coefficient (Wildman–Crippen LogP) is 2.33. The van der Waals surface area contributed by atoms with Gasteiger partial charge in [0.1, 0.15) is 0 Å². The van der Waals surface area contributed by atoms with Crippen LogP contribution >= 0.6 is 0 Å². The summed E-state index contributed by atoms with van der Waals surface area (Å²) in [6, 6.07) is 4.05. The molecule has 0 N–H and O–H groups in total. The average Bonchev–Trinajstić information content (AvgIpc) is 1.64. The van der Waals surface area contributed by atoms with Gasteiger partial charge in [-0.05, 0) is 31.5 Å². The molecular weight excluding hydrogens is 110 g/mol. The summed E-state index contributed by atoms with van der Waals surface area (Å²) in [4.78, 5) is 4.04. The Labute approximate surface area is 56.8 Å². The highest BCUT2D eigenvalue weighted by atomic mass is 14.6. The van der Waals surface area contributed by atoms with Crippen LogP contribution in [0.3, 0.4) is 0 Å². The highest BCUT2D eigenvalue weighted by Crippen LogP contribution is 1.95. The zero-order valence-electron chi connectivity index (χ0n) is 5.18. The van der Waals surface area contributed by atoms with Crippen molar-refractivity contribution in [2.45, 2.75) is 21.3 Å². The lowest BCUT2D eigenvalue weighted by Crippen LogP contribution is -1.78. The van der Waals surface area contributed by atoms with Crippen molar-refractivity contribution >= 4 is 0 Å². The summed E-state index contributed by atoms with van der Waals surface area (Å²) in [7, 11) is 0. The summed E-state index contributed by atoms with van der Waals surface area (Å²) in [5.41, 5.74) is 2.36. The number of pyridine rings is 1. The Morgan fingerprint density at radius 3 is 2.33 bits per heavy atom. The van der Waals surface area contributed by atoms with Crippen LogP contribution in [0.25, 0.3) is 0 Å². The van der Waals surface area contributed by atoms with Crippen molar-refractivity contribution < 1.29 is 0 Å². The molecule has 1 nitrogen and oxygen atoms in total. The van der Waals surface area contributed by atoms with Crippen LogP contribution in [0.5, 0.6) is 0 Å². The van der Waals surface area contributed by atoms with Gasteiger partial charge < -0.3 is 0 Å². The Kier molecular flexibility index (Phi) is 2.93. The highest BCUT2D eigenvalue weighted by molar-refractivity contribution is 5.12. The van der Waals surface area contributed by atoms with Crippen molar-refractivity contribution in [2.75, 3.05) is 0 Å². The molecule has 0 unspecified atom stereocenters. The third-order valence-electron chi connectivity index (χ3n) is 1.05. The quantitative estimate of drug-likeness (QED) is 0.516. The molecule has 0 aliphatic heterocycles. The highest BCUT2D eigenvalue weighted by Gasteiger charge is 1.82. The standard InChI is InChI=1S/C7H9N.CH4/c1-6-3-4-8-7(2)5-6;/h3-5H,1-2H3;1H4. The summed E-state index contributed by atoms with van der Waals surface area (Å²) >= 11 is 0. The summed E-state index contributed by atoms with van der Waals surface area (Å²) < 4.78 is 0. The Morgan fingerprint density at radius 1 is 1.33 bits per heavy atom. The minimum atomic E-state index is 0. The summed E-state index contributed by atoms with van der Waals surface area (Å²) in [5, 5.41) is 0. The summed E-state index contributed by atoms with van der Waals surface area (Å²) in [6.07, 6.45) is 1.82. The maximum Gasteiger partial charge on any atom is 0.0375 e. The van der Waals surface area contributed by atoms with Crippen LogP contribution in [-0.2, 0) is 0 Å². The van der Waals surface area contributed by atoms with E-state index in [-0.39, 0.29) is 7.43 Å². The first kappa shape index (κ1) is 8.15. The van der Waals surface area contributed by atoms with Crippen molar-refractivity contribution in [3.05, 3.63) is 29.6 Å². The van der Waals surface area contributed by atoms with Crippen LogP contribution in [0.2, 0.25) is 0 Å². The molecule has 1 aromatic rings. The fraction of sp³-hybridized carbons (Fsp3) is 0.375. The largest absolute Gasteiger partial charge is 0.262 e. The first-order valence-electron chi connectivity index (χ1n) is 2.68. The molecule has 1 heterocycles. The van der Waals surface area contributed by atoms with Crippen LogP contribution in [0.15, 0.2) is 18.3 Å². The second kappa shape index (κ2) is 3.23. The van der Waals surface area contributed by atoms with E-state index >= 15 is 0 Å². The summed E-state index contributed by atoms with van der Waals surface area (Å²) in [6.45, 7) is 4.06. The van der Waals surface area contributed by atoms with Gasteiger partial charge in [-0.3, -0.25) is 4.98 Å². The van der Waals surface area contributed by atoms with E-state index in [0.717, 1.165) is 5.69 Å². The normalized spacial score (nSPS) is 8.22. The van der Waals surface area contributed by atoms with Crippen molar-refractivity contribution in [1.82, 2.24) is 4.98 Å². The van der Waals surface area contributed by atoms with E-state index in [9.17, 15) is 0 Å². The smallest absolute Gasteiger partial charge is 0.0375 e. The number of hydrogen-bond donors (Lipinski definition) is 0. The number of hydrogen-bond acceptors (Lipinski definition) is 1. The topological polar surface area (TPSA) is 12.9 Å². The molecule has 0 aliphatic carbocycles. The molecule has 0 atom stereocenters. The van der Waals surface area contributed by atoms with Gasteiger partial charge in [0.05, 0.1) is 0 Å². The van der Waals surface area contributed by atoms with Crippen LogP contribution in [0.4, 0.5) is 0 Å². The van der Waals surface area contributed by atoms with Gasteiger partial charge in [0, 0.05) is 11.9 Å². The first-order chi connectivity index (χ1) is 3.79. The fourth-order valence-electron chi connectivity index (χ4n) is 0.687. The molecular formula is C8H13N. The van der Waals surface area contributed by atoms with Crippen molar-refractivity contribution in [2.24, 2.45) is 0 Å². The van der Waals surface area contributed by atoms with Gasteiger partial charge in [0.2, 0.25) is 0 Å². The van der Waals surface area contributed by atoms with Gasteiger partial charge >= 0.3 is 0 Å². The SMILES string of the molecule is C.Cc1ccnc(C)c1. The predicted molar refractivity (Wildman–Crippen MR) is 40.4 cm³/mol. The fourth-order valence-corrected chi connectivity index (χ4v) is 0.687. The van der Waals surface area contributed by atoms with Crippen molar-refractivity contribution in [1.29, 1.82) is 0 Å². The van der Waals surface area contributed by atoms with Gasteiger partial charge in [-0.2, -0.15) is 0 Å². The van der Waals surface area contributed by atoms with Gasteiger partial charge in [-0.1, -0.05) is 7.43 Å². The van der Waals surface area contributed by atoms with E-state index < -0.39 is 0 Å². The zero-order chi connectivity index (χ0) is 5.98. The van der Waals surface area contributed by atoms with Crippen LogP contribution in [0.1, 0.15) is 18.7 Å². The minimum absolute atomic E-state index is 0. The summed E-state index contributed by atoms with van der Waals surface area (Å²) in [5.74, 6) is 0. The van der Waals surface area contributed by atoms with Gasteiger partial charge in [0.25, 0.3) is 0 Å². The van der Waals surface area contributed by atoms with Crippen molar-refractivity contribution in [3.8, 4) is 0 Å². The van der Waals surface area contributed by atoms with Gasteiger partial charge in [-0.25, -0.2) is 0 Å². The Hall–Kier alpha value is -0.850. The lowest BCUT2D eigenvalue weighted by molar-refractivity contribution is 1.18. The number of rotatable bonds is 0. The van der Waals surface area contributed by atoms with E-state index in [0.29, 0.717) is 0 Å². The van der Waals surface area contributed by atoms with E-state index in [1.54, 1.807) is 0 Å². The lowest BCUT2D eigenvalue weighted by Gasteiger charge is -1.90. The molecule has 1 heteroatoms. The molecule has 0 saturated heterocycles. The monoisotopic (exact) mass is 123 g/mol. The van der Waals surface area contributed by atoms with Crippen LogP contribution < -0.4 is 0 Å². The zero-order valence-corrected chi connectivity index (χ0v) is 5.18. The lowest BCUT2D eigenvalue weighted by atomic mass is 10.3.